The Morgan fingerprint density at radius 1 is 1.44 bits per heavy atom. The number of rotatable bonds is 6. The number of thiazole rings is 1. The Labute approximate surface area is 111 Å². The van der Waals surface area contributed by atoms with Crippen LogP contribution in [-0.2, 0) is 14.8 Å². The van der Waals surface area contributed by atoms with Gasteiger partial charge in [-0.05, 0) is 13.3 Å². The van der Waals surface area contributed by atoms with Crippen molar-refractivity contribution in [2.75, 3.05) is 5.32 Å². The predicted octanol–water partition coefficient (Wildman–Crippen LogP) is 1.62. The van der Waals surface area contributed by atoms with Crippen LogP contribution in [0.1, 0.15) is 38.3 Å². The van der Waals surface area contributed by atoms with E-state index in [0.717, 1.165) is 30.6 Å². The summed E-state index contributed by atoms with van der Waals surface area (Å²) in [4.78, 5) is 15.5. The minimum Gasteiger partial charge on any atom is -0.302 e. The number of anilines is 1. The zero-order chi connectivity index (χ0) is 13.8. The van der Waals surface area contributed by atoms with Crippen molar-refractivity contribution in [1.29, 1.82) is 0 Å². The second-order valence-electron chi connectivity index (χ2n) is 3.94. The van der Waals surface area contributed by atoms with Crippen LogP contribution in [0, 0.1) is 6.92 Å². The van der Waals surface area contributed by atoms with Gasteiger partial charge in [0.1, 0.15) is 0 Å². The summed E-state index contributed by atoms with van der Waals surface area (Å²) in [5.41, 5.74) is 0.311. The van der Waals surface area contributed by atoms with Gasteiger partial charge in [0.05, 0.1) is 5.69 Å². The molecule has 0 aliphatic heterocycles. The quantitative estimate of drug-likeness (QED) is 0.777. The minimum absolute atomic E-state index is 0.00800. The van der Waals surface area contributed by atoms with Gasteiger partial charge in [0, 0.05) is 6.42 Å². The van der Waals surface area contributed by atoms with E-state index in [-0.39, 0.29) is 15.2 Å². The lowest BCUT2D eigenvalue weighted by atomic mass is 10.2. The summed E-state index contributed by atoms with van der Waals surface area (Å²) in [5.74, 6) is -0.154. The summed E-state index contributed by atoms with van der Waals surface area (Å²) < 4.78 is 22.4. The summed E-state index contributed by atoms with van der Waals surface area (Å²) in [5, 5.41) is 7.89. The van der Waals surface area contributed by atoms with Crippen LogP contribution in [0.3, 0.4) is 0 Å². The molecule has 0 aliphatic carbocycles. The fraction of sp³-hybridized carbons (Fsp3) is 0.600. The first-order valence-electron chi connectivity index (χ1n) is 5.64. The largest absolute Gasteiger partial charge is 0.302 e. The van der Waals surface area contributed by atoms with E-state index in [9.17, 15) is 13.2 Å². The molecule has 1 amide bonds. The standard InChI is InChI=1S/C10H17N3O3S2/c1-3-4-5-6-8(14)13-10-12-7(2)9(17-10)18(11,15)16/h3-6H2,1-2H3,(H2,11,15,16)(H,12,13,14). The lowest BCUT2D eigenvalue weighted by Gasteiger charge is -2.00. The average Bonchev–Trinajstić information content (AvgIpc) is 2.59. The molecule has 0 unspecified atom stereocenters. The monoisotopic (exact) mass is 291 g/mol. The molecule has 0 aliphatic rings. The first-order valence-corrected chi connectivity index (χ1v) is 8.01. The maximum Gasteiger partial charge on any atom is 0.249 e. The number of nitrogens with two attached hydrogens (primary N) is 1. The molecule has 1 aromatic heterocycles. The van der Waals surface area contributed by atoms with Gasteiger partial charge >= 0.3 is 0 Å². The van der Waals surface area contributed by atoms with Crippen molar-refractivity contribution in [3.63, 3.8) is 0 Å². The molecule has 0 aromatic carbocycles. The minimum atomic E-state index is -3.76. The first kappa shape index (κ1) is 15.1. The molecule has 0 radical (unpaired) electrons. The highest BCUT2D eigenvalue weighted by Crippen LogP contribution is 2.26. The van der Waals surface area contributed by atoms with E-state index in [1.807, 2.05) is 0 Å². The molecule has 0 saturated carbocycles. The Kier molecular flexibility index (Phi) is 5.24. The molecule has 1 aromatic rings. The van der Waals surface area contributed by atoms with Gasteiger partial charge in [-0.3, -0.25) is 4.79 Å². The molecule has 102 valence electrons. The van der Waals surface area contributed by atoms with E-state index < -0.39 is 10.0 Å². The van der Waals surface area contributed by atoms with Crippen molar-refractivity contribution in [2.24, 2.45) is 5.14 Å². The smallest absolute Gasteiger partial charge is 0.249 e. The highest BCUT2D eigenvalue weighted by atomic mass is 32.2. The van der Waals surface area contributed by atoms with Crippen molar-refractivity contribution in [1.82, 2.24) is 4.98 Å². The van der Waals surface area contributed by atoms with Crippen molar-refractivity contribution >= 4 is 32.4 Å². The predicted molar refractivity (Wildman–Crippen MR) is 71.0 cm³/mol. The highest BCUT2D eigenvalue weighted by Gasteiger charge is 2.18. The third kappa shape index (κ3) is 4.35. The first-order chi connectivity index (χ1) is 8.34. The van der Waals surface area contributed by atoms with Crippen LogP contribution < -0.4 is 10.5 Å². The van der Waals surface area contributed by atoms with E-state index in [4.69, 9.17) is 5.14 Å². The van der Waals surface area contributed by atoms with Crippen molar-refractivity contribution in [2.45, 2.75) is 43.7 Å². The molecule has 0 atom stereocenters. The van der Waals surface area contributed by atoms with Crippen LogP contribution >= 0.6 is 11.3 Å². The summed E-state index contributed by atoms with van der Waals surface area (Å²) in [6.45, 7) is 3.60. The van der Waals surface area contributed by atoms with Crippen molar-refractivity contribution < 1.29 is 13.2 Å². The van der Waals surface area contributed by atoms with Crippen LogP contribution in [0.15, 0.2) is 4.21 Å². The third-order valence-corrected chi connectivity index (χ3v) is 4.89. The molecule has 6 nitrogen and oxygen atoms in total. The lowest BCUT2D eigenvalue weighted by molar-refractivity contribution is -0.116. The molecular weight excluding hydrogens is 274 g/mol. The van der Waals surface area contributed by atoms with Gasteiger partial charge < -0.3 is 5.32 Å². The maximum absolute atomic E-state index is 11.5. The summed E-state index contributed by atoms with van der Waals surface area (Å²) in [6.07, 6.45) is 3.26. The number of nitrogens with one attached hydrogen (secondary N) is 1. The Morgan fingerprint density at radius 2 is 2.11 bits per heavy atom. The molecule has 0 saturated heterocycles. The van der Waals surface area contributed by atoms with E-state index in [0.29, 0.717) is 12.1 Å². The molecule has 3 N–H and O–H groups in total. The van der Waals surface area contributed by atoms with Gasteiger partial charge in [-0.25, -0.2) is 18.5 Å². The van der Waals surface area contributed by atoms with Crippen LogP contribution in [0.5, 0.6) is 0 Å². The summed E-state index contributed by atoms with van der Waals surface area (Å²) >= 11 is 0.878. The summed E-state index contributed by atoms with van der Waals surface area (Å²) in [7, 11) is -3.76. The van der Waals surface area contributed by atoms with Crippen molar-refractivity contribution in [3.8, 4) is 0 Å². The number of hydrogen-bond donors (Lipinski definition) is 2. The van der Waals surface area contributed by atoms with Gasteiger partial charge in [0.15, 0.2) is 9.34 Å². The zero-order valence-corrected chi connectivity index (χ0v) is 12.0. The molecular formula is C10H17N3O3S2. The fourth-order valence-corrected chi connectivity index (χ4v) is 3.29. The number of amides is 1. The number of hydrogen-bond acceptors (Lipinski definition) is 5. The van der Waals surface area contributed by atoms with Crippen LogP contribution in [0.25, 0.3) is 0 Å². The molecule has 0 spiro atoms. The Bertz CT molecular complexity index is 522. The average molecular weight is 291 g/mol. The molecule has 0 bridgehead atoms. The van der Waals surface area contributed by atoms with E-state index in [1.165, 1.54) is 0 Å². The molecule has 8 heteroatoms. The number of nitrogens with zero attached hydrogens (tertiary/aromatic N) is 1. The number of primary sulfonamides is 1. The number of carbonyl (C=O) groups excluding carboxylic acids is 1. The molecule has 0 fully saturated rings. The highest BCUT2D eigenvalue weighted by molar-refractivity contribution is 7.91. The van der Waals surface area contributed by atoms with Gasteiger partial charge in [-0.2, -0.15) is 0 Å². The van der Waals surface area contributed by atoms with Gasteiger partial charge in [0.2, 0.25) is 15.9 Å². The Morgan fingerprint density at radius 3 is 2.61 bits per heavy atom. The molecule has 1 heterocycles. The van der Waals surface area contributed by atoms with Gasteiger partial charge in [-0.15, -0.1) is 0 Å². The zero-order valence-electron chi connectivity index (χ0n) is 10.4. The second-order valence-corrected chi connectivity index (χ2v) is 6.70. The van der Waals surface area contributed by atoms with Crippen LogP contribution in [0.4, 0.5) is 5.13 Å². The van der Waals surface area contributed by atoms with Crippen molar-refractivity contribution in [3.05, 3.63) is 5.69 Å². The number of unbranched alkanes of at least 4 members (excludes halogenated alkanes) is 2. The third-order valence-electron chi connectivity index (χ3n) is 2.27. The number of aryl methyl sites for hydroxylation is 1. The van der Waals surface area contributed by atoms with Crippen LogP contribution in [-0.4, -0.2) is 19.3 Å². The number of sulfonamides is 1. The Hall–Kier alpha value is -0.990. The molecule has 18 heavy (non-hydrogen) atoms. The maximum atomic E-state index is 11.5. The molecule has 1 rings (SSSR count). The van der Waals surface area contributed by atoms with Crippen LogP contribution in [0.2, 0.25) is 0 Å². The Balaban J connectivity index is 2.67. The van der Waals surface area contributed by atoms with E-state index in [2.05, 4.69) is 17.2 Å². The SMILES string of the molecule is CCCCCC(=O)Nc1nc(C)c(S(N)(=O)=O)s1. The second kappa shape index (κ2) is 6.26. The number of carbonyl (C=O) groups is 1. The normalized spacial score (nSPS) is 11.5. The van der Waals surface area contributed by atoms with Gasteiger partial charge in [0.25, 0.3) is 0 Å². The number of aromatic nitrogens is 1. The lowest BCUT2D eigenvalue weighted by Crippen LogP contribution is -2.11. The topological polar surface area (TPSA) is 102 Å². The van der Waals surface area contributed by atoms with E-state index in [1.54, 1.807) is 6.92 Å². The fourth-order valence-electron chi connectivity index (χ4n) is 1.42. The van der Waals surface area contributed by atoms with Gasteiger partial charge in [-0.1, -0.05) is 31.1 Å². The van der Waals surface area contributed by atoms with E-state index >= 15 is 0 Å². The summed E-state index contributed by atoms with van der Waals surface area (Å²) in [6, 6.07) is 0.